The smallest absolute Gasteiger partial charge is 0.155 e. The van der Waals surface area contributed by atoms with Crippen molar-refractivity contribution in [1.29, 1.82) is 0 Å². The first-order valence-corrected chi connectivity index (χ1v) is 9.51. The van der Waals surface area contributed by atoms with Gasteiger partial charge < -0.3 is 5.11 Å². The van der Waals surface area contributed by atoms with Gasteiger partial charge >= 0.3 is 0 Å². The largest absolute Gasteiger partial charge is 0.377 e. The molecule has 124 valence electrons. The number of carbonyl (C=O) groups excluding carboxylic acids is 1. The molecule has 2 heteroatoms. The maximum absolute atomic E-state index is 12.0. The third-order valence-corrected chi connectivity index (χ3v) is 7.65. The summed E-state index contributed by atoms with van der Waals surface area (Å²) in [6.07, 6.45) is 15.9. The lowest BCUT2D eigenvalue weighted by Crippen LogP contribution is -2.47. The number of allylic oxidation sites excluding steroid dienone is 1. The summed E-state index contributed by atoms with van der Waals surface area (Å²) in [4.78, 5) is 12.0. The molecule has 0 heterocycles. The quantitative estimate of drug-likeness (QED) is 0.749. The van der Waals surface area contributed by atoms with Crippen molar-refractivity contribution in [2.45, 2.75) is 63.9 Å². The molecule has 3 fully saturated rings. The SMILES string of the molecule is C#C[C@@]1(O)CC[C@H]2[C@@H]3CCC4=CC(=O)C[C@H](CC)[C@@H]4[C@H]3CC[C@@H]21. The molecule has 0 unspecified atom stereocenters. The minimum Gasteiger partial charge on any atom is -0.377 e. The minimum atomic E-state index is -0.849. The van der Waals surface area contributed by atoms with Gasteiger partial charge in [-0.1, -0.05) is 24.8 Å². The molecule has 0 aromatic carbocycles. The van der Waals surface area contributed by atoms with Gasteiger partial charge in [-0.15, -0.1) is 6.42 Å². The van der Waals surface area contributed by atoms with Gasteiger partial charge in [-0.05, 0) is 74.2 Å². The van der Waals surface area contributed by atoms with Gasteiger partial charge in [0.05, 0.1) is 0 Å². The van der Waals surface area contributed by atoms with E-state index in [1.54, 1.807) is 0 Å². The van der Waals surface area contributed by atoms with Crippen molar-refractivity contribution >= 4 is 5.78 Å². The van der Waals surface area contributed by atoms with Crippen LogP contribution in [0.2, 0.25) is 0 Å². The Morgan fingerprint density at radius 2 is 2.09 bits per heavy atom. The van der Waals surface area contributed by atoms with E-state index in [9.17, 15) is 9.90 Å². The van der Waals surface area contributed by atoms with Crippen LogP contribution in [0.25, 0.3) is 0 Å². The molecular weight excluding hydrogens is 284 g/mol. The standard InChI is InChI=1S/C21H28O2/c1-3-13-11-15(22)12-14-5-6-16-17-9-10-21(23,4-2)19(17)8-7-18(16)20(13)14/h2,12-13,16-20,23H,3,5-11H2,1H3/t13-,16-,17-,18-,19-,20-,21+/m0/s1. The molecule has 0 spiro atoms. The van der Waals surface area contributed by atoms with Crippen LogP contribution in [0.3, 0.4) is 0 Å². The van der Waals surface area contributed by atoms with E-state index < -0.39 is 5.60 Å². The van der Waals surface area contributed by atoms with E-state index in [1.165, 1.54) is 18.4 Å². The highest BCUT2D eigenvalue weighted by Crippen LogP contribution is 2.60. The van der Waals surface area contributed by atoms with Crippen LogP contribution >= 0.6 is 0 Å². The van der Waals surface area contributed by atoms with Gasteiger partial charge in [0.1, 0.15) is 5.60 Å². The van der Waals surface area contributed by atoms with E-state index in [2.05, 4.69) is 12.8 Å². The number of hydrogen-bond acceptors (Lipinski definition) is 2. The number of fused-ring (bicyclic) bond motifs is 5. The molecule has 0 bridgehead atoms. The number of terminal acetylenes is 1. The van der Waals surface area contributed by atoms with Gasteiger partial charge in [-0.25, -0.2) is 0 Å². The molecule has 0 aliphatic heterocycles. The summed E-state index contributed by atoms with van der Waals surface area (Å²) in [5, 5.41) is 10.8. The van der Waals surface area contributed by atoms with E-state index in [0.29, 0.717) is 35.4 Å². The fourth-order valence-corrected chi connectivity index (χ4v) is 6.69. The van der Waals surface area contributed by atoms with Gasteiger partial charge in [0.2, 0.25) is 0 Å². The van der Waals surface area contributed by atoms with Crippen LogP contribution in [-0.2, 0) is 4.79 Å². The summed E-state index contributed by atoms with van der Waals surface area (Å²) in [5.74, 6) is 6.56. The topological polar surface area (TPSA) is 37.3 Å². The number of rotatable bonds is 1. The van der Waals surface area contributed by atoms with Gasteiger partial charge in [0.25, 0.3) is 0 Å². The fraction of sp³-hybridized carbons (Fsp3) is 0.762. The highest BCUT2D eigenvalue weighted by Gasteiger charge is 2.55. The van der Waals surface area contributed by atoms with Crippen LogP contribution in [0, 0.1) is 47.9 Å². The van der Waals surface area contributed by atoms with Crippen molar-refractivity contribution in [1.82, 2.24) is 0 Å². The summed E-state index contributed by atoms with van der Waals surface area (Å²) in [5.41, 5.74) is 0.594. The summed E-state index contributed by atoms with van der Waals surface area (Å²) < 4.78 is 0. The van der Waals surface area contributed by atoms with E-state index >= 15 is 0 Å². The normalized spacial score (nSPS) is 48.7. The first-order chi connectivity index (χ1) is 11.1. The Balaban J connectivity index is 1.63. The van der Waals surface area contributed by atoms with Crippen molar-refractivity contribution < 1.29 is 9.90 Å². The summed E-state index contributed by atoms with van der Waals surface area (Å²) in [6.45, 7) is 2.24. The Hall–Kier alpha value is -1.07. The molecule has 23 heavy (non-hydrogen) atoms. The molecule has 4 aliphatic rings. The zero-order chi connectivity index (χ0) is 16.2. The zero-order valence-electron chi connectivity index (χ0n) is 14.1. The van der Waals surface area contributed by atoms with Crippen molar-refractivity contribution in [3.05, 3.63) is 11.6 Å². The predicted molar refractivity (Wildman–Crippen MR) is 90.4 cm³/mol. The first-order valence-electron chi connectivity index (χ1n) is 9.51. The number of ketones is 1. The Morgan fingerprint density at radius 1 is 1.26 bits per heavy atom. The third-order valence-electron chi connectivity index (χ3n) is 7.65. The second kappa shape index (κ2) is 5.49. The van der Waals surface area contributed by atoms with Gasteiger partial charge in [0, 0.05) is 12.3 Å². The Kier molecular flexibility index (Phi) is 3.69. The molecule has 0 amide bonds. The number of carbonyl (C=O) groups is 1. The van der Waals surface area contributed by atoms with E-state index in [1.807, 2.05) is 6.08 Å². The highest BCUT2D eigenvalue weighted by atomic mass is 16.3. The lowest BCUT2D eigenvalue weighted by molar-refractivity contribution is -0.117. The zero-order valence-corrected chi connectivity index (χ0v) is 14.1. The average Bonchev–Trinajstić information content (AvgIpc) is 2.91. The molecule has 4 rings (SSSR count). The molecule has 0 radical (unpaired) electrons. The summed E-state index contributed by atoms with van der Waals surface area (Å²) >= 11 is 0. The van der Waals surface area contributed by atoms with Crippen molar-refractivity contribution in [3.63, 3.8) is 0 Å². The van der Waals surface area contributed by atoms with Crippen molar-refractivity contribution in [2.75, 3.05) is 0 Å². The van der Waals surface area contributed by atoms with E-state index in [0.717, 1.165) is 44.4 Å². The molecule has 0 aromatic rings. The maximum atomic E-state index is 12.0. The number of aliphatic hydroxyl groups is 1. The fourth-order valence-electron chi connectivity index (χ4n) is 6.69. The summed E-state index contributed by atoms with van der Waals surface area (Å²) in [6, 6.07) is 0. The molecule has 4 aliphatic carbocycles. The van der Waals surface area contributed by atoms with Crippen LogP contribution in [0.15, 0.2) is 11.6 Å². The molecule has 1 N–H and O–H groups in total. The Labute approximate surface area is 139 Å². The molecule has 2 nitrogen and oxygen atoms in total. The van der Waals surface area contributed by atoms with Crippen molar-refractivity contribution in [2.24, 2.45) is 35.5 Å². The van der Waals surface area contributed by atoms with E-state index in [4.69, 9.17) is 6.42 Å². The molecule has 0 saturated heterocycles. The maximum Gasteiger partial charge on any atom is 0.155 e. The summed E-state index contributed by atoms with van der Waals surface area (Å²) in [7, 11) is 0. The third kappa shape index (κ3) is 2.23. The van der Waals surface area contributed by atoms with Gasteiger partial charge in [-0.2, -0.15) is 0 Å². The predicted octanol–water partition coefficient (Wildman–Crippen LogP) is 3.74. The number of hydrogen-bond donors (Lipinski definition) is 1. The van der Waals surface area contributed by atoms with Gasteiger partial charge in [0.15, 0.2) is 5.78 Å². The van der Waals surface area contributed by atoms with Crippen LogP contribution in [0.1, 0.15) is 58.3 Å². The minimum absolute atomic E-state index is 0.310. The second-order valence-corrected chi connectivity index (χ2v) is 8.41. The lowest BCUT2D eigenvalue weighted by atomic mass is 9.53. The first kappa shape index (κ1) is 15.5. The molecule has 3 saturated carbocycles. The second-order valence-electron chi connectivity index (χ2n) is 8.41. The monoisotopic (exact) mass is 312 g/mol. The molecule has 0 aromatic heterocycles. The van der Waals surface area contributed by atoms with Crippen LogP contribution in [0.4, 0.5) is 0 Å². The van der Waals surface area contributed by atoms with Gasteiger partial charge in [-0.3, -0.25) is 4.79 Å². The Morgan fingerprint density at radius 3 is 2.83 bits per heavy atom. The van der Waals surface area contributed by atoms with Crippen LogP contribution in [0.5, 0.6) is 0 Å². The average molecular weight is 312 g/mol. The van der Waals surface area contributed by atoms with E-state index in [-0.39, 0.29) is 0 Å². The van der Waals surface area contributed by atoms with Crippen LogP contribution in [-0.4, -0.2) is 16.5 Å². The van der Waals surface area contributed by atoms with Crippen molar-refractivity contribution in [3.8, 4) is 12.3 Å². The molecular formula is C21H28O2. The Bertz CT molecular complexity index is 583. The highest BCUT2D eigenvalue weighted by molar-refractivity contribution is 5.91. The lowest BCUT2D eigenvalue weighted by Gasteiger charge is -2.52. The van der Waals surface area contributed by atoms with Crippen LogP contribution < -0.4 is 0 Å². The molecule has 7 atom stereocenters.